The predicted octanol–water partition coefficient (Wildman–Crippen LogP) is 2.13. The highest BCUT2D eigenvalue weighted by molar-refractivity contribution is 5.87. The molecule has 1 aromatic rings. The second-order valence-electron chi connectivity index (χ2n) is 10.6. The number of aromatic hydroxyl groups is 2. The average molecular weight is 459 g/mol. The molecule has 8 nitrogen and oxygen atoms in total. The molecule has 1 saturated carbocycles. The zero-order valence-electron chi connectivity index (χ0n) is 19.9. The van der Waals surface area contributed by atoms with Gasteiger partial charge in [0.1, 0.15) is 22.6 Å². The lowest BCUT2D eigenvalue weighted by Gasteiger charge is -2.67. The molecule has 0 amide bonds. The first-order valence-electron chi connectivity index (χ1n) is 11.7. The maximum atomic E-state index is 13.6. The van der Waals surface area contributed by atoms with Gasteiger partial charge in [-0.1, -0.05) is 19.9 Å². The van der Waals surface area contributed by atoms with Gasteiger partial charge in [-0.05, 0) is 49.9 Å². The van der Waals surface area contributed by atoms with E-state index in [9.17, 15) is 25.2 Å². The number of hydrogen-bond donors (Lipinski definition) is 4. The lowest BCUT2D eigenvalue weighted by Crippen LogP contribution is -2.82. The van der Waals surface area contributed by atoms with Gasteiger partial charge in [0.25, 0.3) is 0 Å². The summed E-state index contributed by atoms with van der Waals surface area (Å²) in [7, 11) is 3.69. The Morgan fingerprint density at radius 3 is 2.52 bits per heavy atom. The van der Waals surface area contributed by atoms with Crippen LogP contribution in [0.4, 0.5) is 5.69 Å². The van der Waals surface area contributed by atoms with Crippen LogP contribution in [0, 0.1) is 23.2 Å². The Hall–Kier alpha value is -2.29. The number of phenolic OH excluding ortho intramolecular Hbond substituents is 2. The normalized spacial score (nSPS) is 41.1. The number of nitrogens with zero attached hydrogens (tertiary/aromatic N) is 2. The Balaban J connectivity index is 2.00. The Morgan fingerprint density at radius 2 is 1.91 bits per heavy atom. The summed E-state index contributed by atoms with van der Waals surface area (Å²) in [5.41, 5.74) is -2.17. The number of likely N-dealkylation sites (tertiary alicyclic amines) is 1. The van der Waals surface area contributed by atoms with Crippen molar-refractivity contribution in [2.45, 2.75) is 44.4 Å². The maximum Gasteiger partial charge on any atom is 0.313 e. The third kappa shape index (κ3) is 2.12. The standard InChI is InChI=1S/C25H34N2O6/c1-6-14-11-33-12-23(22(31)32)18(14)17(13(2)3)21(30)25-24(23,9-10-26(25)4)19-15(28)7-8-16(29)20(19)27(25)5/h6-8,13,17-18,21,28-30H,9-12H2,1-5H3,(H,31,32)/b14-6-/t17-,18-,21+,23+,24+,25-/m1/s1. The molecule has 3 fully saturated rings. The molecule has 0 radical (unpaired) electrons. The fourth-order valence-corrected chi connectivity index (χ4v) is 8.45. The fraction of sp³-hybridized carbons (Fsp3) is 0.640. The van der Waals surface area contributed by atoms with Gasteiger partial charge in [0.2, 0.25) is 0 Å². The number of aliphatic hydroxyl groups excluding tert-OH is 1. The molecule has 0 bridgehead atoms. The van der Waals surface area contributed by atoms with Gasteiger partial charge >= 0.3 is 5.97 Å². The largest absolute Gasteiger partial charge is 0.508 e. The molecule has 3 aliphatic heterocycles. The first-order valence-corrected chi connectivity index (χ1v) is 11.7. The number of carbonyl (C=O) groups is 1. The van der Waals surface area contributed by atoms with Crippen molar-refractivity contribution in [2.24, 2.45) is 23.2 Å². The Bertz CT molecular complexity index is 1060. The second kappa shape index (κ2) is 6.87. The van der Waals surface area contributed by atoms with Crippen LogP contribution in [0.2, 0.25) is 0 Å². The Kier molecular flexibility index (Phi) is 4.68. The van der Waals surface area contributed by atoms with Crippen LogP contribution in [0.1, 0.15) is 32.8 Å². The zero-order valence-corrected chi connectivity index (χ0v) is 19.9. The number of carboxylic acids is 1. The van der Waals surface area contributed by atoms with Gasteiger partial charge in [0.05, 0.1) is 30.4 Å². The average Bonchev–Trinajstić information content (AvgIpc) is 3.22. The SMILES string of the molecule is C/C=C1/COC[C@@]2(C(=O)O)[C@H]1[C@@H](C(C)C)[C@H](O)[C@]13N(C)CC[C@@]12c1c(O)ccc(O)c1N3C. The van der Waals surface area contributed by atoms with Crippen LogP contribution in [0.25, 0.3) is 0 Å². The van der Waals surface area contributed by atoms with Crippen molar-refractivity contribution >= 4 is 11.7 Å². The molecule has 8 heteroatoms. The number of likely N-dealkylation sites (N-methyl/N-ethyl adjacent to an activating group) is 2. The van der Waals surface area contributed by atoms with Crippen LogP contribution in [-0.4, -0.2) is 76.9 Å². The van der Waals surface area contributed by atoms with E-state index < -0.39 is 34.5 Å². The molecule has 0 aromatic heterocycles. The van der Waals surface area contributed by atoms with E-state index in [0.29, 0.717) is 30.8 Å². The minimum atomic E-state index is -1.45. The van der Waals surface area contributed by atoms with Gasteiger partial charge in [0, 0.05) is 25.1 Å². The highest BCUT2D eigenvalue weighted by Gasteiger charge is 2.85. The van der Waals surface area contributed by atoms with Crippen LogP contribution < -0.4 is 4.90 Å². The smallest absolute Gasteiger partial charge is 0.313 e. The lowest BCUT2D eigenvalue weighted by atomic mass is 9.40. The van der Waals surface area contributed by atoms with Crippen LogP contribution >= 0.6 is 0 Å². The van der Waals surface area contributed by atoms with Crippen LogP contribution in [0.3, 0.4) is 0 Å². The lowest BCUT2D eigenvalue weighted by molar-refractivity contribution is -0.222. The van der Waals surface area contributed by atoms with Gasteiger partial charge in [-0.3, -0.25) is 9.69 Å². The summed E-state index contributed by atoms with van der Waals surface area (Å²) < 4.78 is 6.02. The van der Waals surface area contributed by atoms with Crippen molar-refractivity contribution in [3.05, 3.63) is 29.3 Å². The van der Waals surface area contributed by atoms with Gasteiger partial charge in [-0.2, -0.15) is 0 Å². The monoisotopic (exact) mass is 458 g/mol. The summed E-state index contributed by atoms with van der Waals surface area (Å²) in [5.74, 6) is -1.96. The molecule has 0 spiro atoms. The number of rotatable bonds is 2. The molecule has 1 aliphatic carbocycles. The number of hydrogen-bond acceptors (Lipinski definition) is 7. The summed E-state index contributed by atoms with van der Waals surface area (Å²) in [5, 5.41) is 45.6. The van der Waals surface area contributed by atoms with E-state index in [2.05, 4.69) is 0 Å². The van der Waals surface area contributed by atoms with Crippen LogP contribution in [-0.2, 0) is 14.9 Å². The minimum Gasteiger partial charge on any atom is -0.508 e. The van der Waals surface area contributed by atoms with E-state index >= 15 is 0 Å². The zero-order chi connectivity index (χ0) is 24.1. The van der Waals surface area contributed by atoms with Crippen molar-refractivity contribution in [3.63, 3.8) is 0 Å². The first kappa shape index (κ1) is 22.5. The molecule has 4 aliphatic rings. The molecule has 5 rings (SSSR count). The molecule has 6 atom stereocenters. The molecular weight excluding hydrogens is 424 g/mol. The Labute approximate surface area is 194 Å². The van der Waals surface area contributed by atoms with Crippen LogP contribution in [0.15, 0.2) is 23.8 Å². The van der Waals surface area contributed by atoms with E-state index in [1.54, 1.807) is 7.05 Å². The van der Waals surface area contributed by atoms with Crippen molar-refractivity contribution < 1.29 is 30.0 Å². The number of aliphatic hydroxyl groups is 1. The van der Waals surface area contributed by atoms with E-state index in [0.717, 1.165) is 5.57 Å². The van der Waals surface area contributed by atoms with E-state index in [-0.39, 0.29) is 29.9 Å². The molecule has 3 heterocycles. The molecule has 1 aromatic carbocycles. The summed E-state index contributed by atoms with van der Waals surface area (Å²) in [4.78, 5) is 17.4. The van der Waals surface area contributed by atoms with E-state index in [1.165, 1.54) is 12.1 Å². The topological polar surface area (TPSA) is 114 Å². The molecule has 0 unspecified atom stereocenters. The number of aliphatic carboxylic acids is 1. The van der Waals surface area contributed by atoms with Gasteiger partial charge in [-0.25, -0.2) is 0 Å². The summed E-state index contributed by atoms with van der Waals surface area (Å²) in [6.45, 7) is 6.77. The molecule has 4 N–H and O–H groups in total. The minimum absolute atomic E-state index is 0.0162. The highest BCUT2D eigenvalue weighted by Crippen LogP contribution is 2.76. The fourth-order valence-electron chi connectivity index (χ4n) is 8.45. The first-order chi connectivity index (χ1) is 15.6. The van der Waals surface area contributed by atoms with Crippen molar-refractivity contribution in [1.29, 1.82) is 0 Å². The number of allylic oxidation sites excluding steroid dienone is 1. The predicted molar refractivity (Wildman–Crippen MR) is 122 cm³/mol. The maximum absolute atomic E-state index is 13.6. The molecule has 2 saturated heterocycles. The number of anilines is 1. The third-order valence-electron chi connectivity index (χ3n) is 9.42. The number of phenols is 2. The van der Waals surface area contributed by atoms with Crippen LogP contribution in [0.5, 0.6) is 11.5 Å². The van der Waals surface area contributed by atoms with Gasteiger partial charge in [-0.15, -0.1) is 0 Å². The van der Waals surface area contributed by atoms with Crippen molar-refractivity contribution in [3.8, 4) is 11.5 Å². The summed E-state index contributed by atoms with van der Waals surface area (Å²) in [6, 6.07) is 2.86. The summed E-state index contributed by atoms with van der Waals surface area (Å²) >= 11 is 0. The number of carboxylic acid groups (broad SMARTS) is 1. The number of benzene rings is 1. The number of fused-ring (bicyclic) bond motifs is 2. The molecule has 33 heavy (non-hydrogen) atoms. The Morgan fingerprint density at radius 1 is 1.24 bits per heavy atom. The van der Waals surface area contributed by atoms with Crippen molar-refractivity contribution in [1.82, 2.24) is 4.90 Å². The summed E-state index contributed by atoms with van der Waals surface area (Å²) in [6.07, 6.45) is 1.39. The quantitative estimate of drug-likeness (QED) is 0.394. The molecular formula is C25H34N2O6. The van der Waals surface area contributed by atoms with Gasteiger partial charge in [0.15, 0.2) is 0 Å². The van der Waals surface area contributed by atoms with Gasteiger partial charge < -0.3 is 30.1 Å². The highest BCUT2D eigenvalue weighted by atomic mass is 16.5. The second-order valence-corrected chi connectivity index (χ2v) is 10.6. The molecule has 180 valence electrons. The number of ether oxygens (including phenoxy) is 1. The van der Waals surface area contributed by atoms with E-state index in [4.69, 9.17) is 4.74 Å². The third-order valence-corrected chi connectivity index (χ3v) is 9.42. The van der Waals surface area contributed by atoms with Crippen molar-refractivity contribution in [2.75, 3.05) is 38.8 Å². The van der Waals surface area contributed by atoms with E-state index in [1.807, 2.05) is 43.7 Å².